The number of aryl methyl sites for hydroxylation is 4. The van der Waals surface area contributed by atoms with E-state index in [-0.39, 0.29) is 11.8 Å². The van der Waals surface area contributed by atoms with Gasteiger partial charge in [0.25, 0.3) is 11.8 Å². The molecule has 0 bridgehead atoms. The summed E-state index contributed by atoms with van der Waals surface area (Å²) >= 11 is 0. The Morgan fingerprint density at radius 3 is 2.11 bits per heavy atom. The molecular formula is C22H27N3O2. The van der Waals surface area contributed by atoms with E-state index < -0.39 is 0 Å². The average Bonchev–Trinajstić information content (AvgIpc) is 3.04. The van der Waals surface area contributed by atoms with Crippen molar-refractivity contribution in [3.63, 3.8) is 0 Å². The molecule has 1 fully saturated rings. The summed E-state index contributed by atoms with van der Waals surface area (Å²) < 4.78 is 0. The predicted octanol–water partition coefficient (Wildman–Crippen LogP) is 3.11. The molecule has 1 saturated heterocycles. The molecule has 1 aliphatic carbocycles. The number of carbonyl (C=O) groups is 2. The quantitative estimate of drug-likeness (QED) is 0.889. The Bertz CT molecular complexity index is 876. The van der Waals surface area contributed by atoms with E-state index in [4.69, 9.17) is 0 Å². The van der Waals surface area contributed by atoms with Crippen LogP contribution in [0, 0.1) is 13.8 Å². The lowest BCUT2D eigenvalue weighted by Gasteiger charge is -2.35. The number of aromatic amines is 1. The molecule has 1 N–H and O–H groups in total. The second-order valence-corrected chi connectivity index (χ2v) is 7.77. The first-order valence-corrected chi connectivity index (χ1v) is 9.89. The van der Waals surface area contributed by atoms with Crippen LogP contribution in [0.15, 0.2) is 24.3 Å². The predicted molar refractivity (Wildman–Crippen MR) is 105 cm³/mol. The summed E-state index contributed by atoms with van der Waals surface area (Å²) in [4.78, 5) is 32.6. The Hall–Kier alpha value is -2.56. The van der Waals surface area contributed by atoms with Gasteiger partial charge in [0.1, 0.15) is 0 Å². The molecule has 5 heteroatoms. The van der Waals surface area contributed by atoms with Crippen LogP contribution < -0.4 is 0 Å². The maximum Gasteiger partial charge on any atom is 0.255 e. The summed E-state index contributed by atoms with van der Waals surface area (Å²) in [5.74, 6) is 0.141. The molecule has 0 atom stereocenters. The number of piperazine rings is 1. The van der Waals surface area contributed by atoms with Gasteiger partial charge in [0.05, 0.1) is 5.56 Å². The largest absolute Gasteiger partial charge is 0.362 e. The van der Waals surface area contributed by atoms with Gasteiger partial charge in [-0.05, 0) is 68.9 Å². The number of hydrogen-bond acceptors (Lipinski definition) is 2. The Labute approximate surface area is 160 Å². The lowest BCUT2D eigenvalue weighted by molar-refractivity contribution is 0.0535. The molecule has 0 saturated carbocycles. The second-order valence-electron chi connectivity index (χ2n) is 7.77. The minimum atomic E-state index is 0.0535. The van der Waals surface area contributed by atoms with Crippen molar-refractivity contribution in [3.8, 4) is 0 Å². The molecule has 5 nitrogen and oxygen atoms in total. The third-order valence-electron chi connectivity index (χ3n) is 5.83. The molecular weight excluding hydrogens is 338 g/mol. The monoisotopic (exact) mass is 365 g/mol. The summed E-state index contributed by atoms with van der Waals surface area (Å²) in [5.41, 5.74) is 6.15. The highest BCUT2D eigenvalue weighted by Crippen LogP contribution is 2.23. The van der Waals surface area contributed by atoms with Crippen LogP contribution in [-0.4, -0.2) is 52.8 Å². The lowest BCUT2D eigenvalue weighted by Crippen LogP contribution is -2.50. The fourth-order valence-electron chi connectivity index (χ4n) is 4.28. The molecule has 27 heavy (non-hydrogen) atoms. The summed E-state index contributed by atoms with van der Waals surface area (Å²) in [7, 11) is 0. The zero-order chi connectivity index (χ0) is 19.0. The smallest absolute Gasteiger partial charge is 0.255 e. The normalized spacial score (nSPS) is 17.0. The SMILES string of the molecule is Cc1cc(C(=O)N2CCN(C(=O)c3ccc4c(c3)CCCC4)CC2)c(C)[nH]1. The number of carbonyl (C=O) groups excluding carboxylic acids is 2. The molecule has 2 aromatic rings. The number of aromatic nitrogens is 1. The molecule has 2 amide bonds. The molecule has 2 aliphatic rings. The highest BCUT2D eigenvalue weighted by Gasteiger charge is 2.27. The van der Waals surface area contributed by atoms with Crippen LogP contribution in [0.1, 0.15) is 56.1 Å². The number of nitrogens with zero attached hydrogens (tertiary/aromatic N) is 2. The van der Waals surface area contributed by atoms with Crippen molar-refractivity contribution >= 4 is 11.8 Å². The van der Waals surface area contributed by atoms with Crippen LogP contribution in [0.25, 0.3) is 0 Å². The van der Waals surface area contributed by atoms with Gasteiger partial charge < -0.3 is 14.8 Å². The van der Waals surface area contributed by atoms with Crippen molar-refractivity contribution < 1.29 is 9.59 Å². The first-order chi connectivity index (χ1) is 13.0. The number of H-pyrrole nitrogens is 1. The Morgan fingerprint density at radius 1 is 0.852 bits per heavy atom. The van der Waals surface area contributed by atoms with Gasteiger partial charge in [0, 0.05) is 43.1 Å². The van der Waals surface area contributed by atoms with Crippen molar-refractivity contribution in [3.05, 3.63) is 57.9 Å². The van der Waals surface area contributed by atoms with Gasteiger partial charge in [-0.25, -0.2) is 0 Å². The van der Waals surface area contributed by atoms with E-state index in [0.29, 0.717) is 26.2 Å². The molecule has 0 radical (unpaired) electrons. The Kier molecular flexibility index (Phi) is 4.77. The zero-order valence-electron chi connectivity index (χ0n) is 16.2. The van der Waals surface area contributed by atoms with Crippen LogP contribution in [0.2, 0.25) is 0 Å². The van der Waals surface area contributed by atoms with Crippen LogP contribution in [-0.2, 0) is 12.8 Å². The number of fused-ring (bicyclic) bond motifs is 1. The van der Waals surface area contributed by atoms with E-state index in [1.807, 2.05) is 35.8 Å². The van der Waals surface area contributed by atoms with Crippen molar-refractivity contribution in [2.24, 2.45) is 0 Å². The third-order valence-corrected chi connectivity index (χ3v) is 5.83. The van der Waals surface area contributed by atoms with E-state index in [1.165, 1.54) is 24.0 Å². The first-order valence-electron chi connectivity index (χ1n) is 9.89. The number of amides is 2. The zero-order valence-corrected chi connectivity index (χ0v) is 16.2. The highest BCUT2D eigenvalue weighted by atomic mass is 16.2. The fraction of sp³-hybridized carbons (Fsp3) is 0.455. The summed E-state index contributed by atoms with van der Waals surface area (Å²) in [5, 5.41) is 0. The first kappa shape index (κ1) is 17.8. The maximum absolute atomic E-state index is 12.9. The van der Waals surface area contributed by atoms with Crippen molar-refractivity contribution in [2.45, 2.75) is 39.5 Å². The minimum absolute atomic E-state index is 0.0535. The standard InChI is InChI=1S/C22H27N3O2/c1-15-13-20(16(2)23-15)22(27)25-11-9-24(10-12-25)21(26)19-8-7-17-5-3-4-6-18(17)14-19/h7-8,13-14,23H,3-6,9-12H2,1-2H3. The second kappa shape index (κ2) is 7.22. The van der Waals surface area contributed by atoms with Gasteiger partial charge in [-0.2, -0.15) is 0 Å². The summed E-state index contributed by atoms with van der Waals surface area (Å²) in [6, 6.07) is 8.08. The fourth-order valence-corrected chi connectivity index (χ4v) is 4.28. The molecule has 0 spiro atoms. The summed E-state index contributed by atoms with van der Waals surface area (Å²) in [6.07, 6.45) is 4.66. The number of benzene rings is 1. The van der Waals surface area contributed by atoms with Crippen molar-refractivity contribution in [2.75, 3.05) is 26.2 Å². The molecule has 2 heterocycles. The lowest BCUT2D eigenvalue weighted by atomic mass is 9.90. The van der Waals surface area contributed by atoms with E-state index in [2.05, 4.69) is 17.1 Å². The van der Waals surface area contributed by atoms with Gasteiger partial charge in [-0.15, -0.1) is 0 Å². The summed E-state index contributed by atoms with van der Waals surface area (Å²) in [6.45, 7) is 6.22. The molecule has 142 valence electrons. The number of hydrogen-bond donors (Lipinski definition) is 1. The molecule has 4 rings (SSSR count). The number of rotatable bonds is 2. The van der Waals surface area contributed by atoms with Crippen LogP contribution in [0.3, 0.4) is 0 Å². The molecule has 0 unspecified atom stereocenters. The van der Waals surface area contributed by atoms with Crippen molar-refractivity contribution in [1.29, 1.82) is 0 Å². The van der Waals surface area contributed by atoms with E-state index in [0.717, 1.165) is 35.4 Å². The Morgan fingerprint density at radius 2 is 1.48 bits per heavy atom. The average molecular weight is 365 g/mol. The van der Waals surface area contributed by atoms with Crippen LogP contribution in [0.5, 0.6) is 0 Å². The van der Waals surface area contributed by atoms with Crippen molar-refractivity contribution in [1.82, 2.24) is 14.8 Å². The van der Waals surface area contributed by atoms with E-state index in [9.17, 15) is 9.59 Å². The topological polar surface area (TPSA) is 56.4 Å². The van der Waals surface area contributed by atoms with Gasteiger partial charge >= 0.3 is 0 Å². The van der Waals surface area contributed by atoms with Crippen LogP contribution >= 0.6 is 0 Å². The highest BCUT2D eigenvalue weighted by molar-refractivity contribution is 5.97. The Balaban J connectivity index is 1.41. The number of nitrogens with one attached hydrogen (secondary N) is 1. The van der Waals surface area contributed by atoms with Gasteiger partial charge in [-0.3, -0.25) is 9.59 Å². The van der Waals surface area contributed by atoms with E-state index in [1.54, 1.807) is 0 Å². The maximum atomic E-state index is 12.9. The minimum Gasteiger partial charge on any atom is -0.362 e. The van der Waals surface area contributed by atoms with E-state index >= 15 is 0 Å². The van der Waals surface area contributed by atoms with Gasteiger partial charge in [-0.1, -0.05) is 6.07 Å². The molecule has 1 aromatic heterocycles. The van der Waals surface area contributed by atoms with Crippen LogP contribution in [0.4, 0.5) is 0 Å². The third kappa shape index (κ3) is 3.51. The molecule has 1 aliphatic heterocycles. The molecule has 1 aromatic carbocycles. The van der Waals surface area contributed by atoms with Gasteiger partial charge in [0.15, 0.2) is 0 Å². The van der Waals surface area contributed by atoms with Gasteiger partial charge in [0.2, 0.25) is 0 Å².